The summed E-state index contributed by atoms with van der Waals surface area (Å²) in [4.78, 5) is 0. The molecule has 144 valence electrons. The molecule has 0 bridgehead atoms. The summed E-state index contributed by atoms with van der Waals surface area (Å²) in [6.07, 6.45) is 0. The van der Waals surface area contributed by atoms with Crippen molar-refractivity contribution in [3.8, 4) is 11.5 Å². The number of halogens is 1. The van der Waals surface area contributed by atoms with Crippen LogP contribution >= 0.6 is 0 Å². The first kappa shape index (κ1) is 18.5. The molecule has 1 saturated heterocycles. The molecule has 1 aliphatic heterocycles. The van der Waals surface area contributed by atoms with Gasteiger partial charge in [0.1, 0.15) is 19.0 Å². The second-order valence-corrected chi connectivity index (χ2v) is 6.98. The smallest absolute Gasteiger partial charge is 0.165 e. The van der Waals surface area contributed by atoms with E-state index in [1.807, 2.05) is 60.7 Å². The summed E-state index contributed by atoms with van der Waals surface area (Å²) in [5.41, 5.74) is 8.19. The molecule has 1 fully saturated rings. The van der Waals surface area contributed by atoms with Crippen LogP contribution in [0, 0.1) is 5.82 Å². The molecule has 0 atom stereocenters. The van der Waals surface area contributed by atoms with Crippen LogP contribution in [0.5, 0.6) is 11.5 Å². The van der Waals surface area contributed by atoms with Gasteiger partial charge >= 0.3 is 0 Å². The summed E-state index contributed by atoms with van der Waals surface area (Å²) < 4.78 is 31.7. The van der Waals surface area contributed by atoms with Crippen LogP contribution in [-0.2, 0) is 23.5 Å². The average Bonchev–Trinajstić information content (AvgIpc) is 2.71. The van der Waals surface area contributed by atoms with Crippen LogP contribution in [0.2, 0.25) is 0 Å². The molecule has 0 amide bonds. The summed E-state index contributed by atoms with van der Waals surface area (Å²) in [6, 6.07) is 22.4. The third kappa shape index (κ3) is 4.01. The van der Waals surface area contributed by atoms with Gasteiger partial charge in [0.2, 0.25) is 0 Å². The number of benzene rings is 3. The van der Waals surface area contributed by atoms with Crippen molar-refractivity contribution in [2.75, 3.05) is 13.2 Å². The van der Waals surface area contributed by atoms with E-state index in [-0.39, 0.29) is 12.4 Å². The predicted molar refractivity (Wildman–Crippen MR) is 105 cm³/mol. The SMILES string of the molecule is NC1(c2cc(F)c(OCc3ccccc3)cc2OCc2ccccc2)COC1. The number of hydrogen-bond donors (Lipinski definition) is 1. The lowest BCUT2D eigenvalue weighted by atomic mass is 9.88. The zero-order valence-electron chi connectivity index (χ0n) is 15.4. The van der Waals surface area contributed by atoms with E-state index in [1.165, 1.54) is 6.07 Å². The van der Waals surface area contributed by atoms with Crippen molar-refractivity contribution in [1.82, 2.24) is 0 Å². The highest BCUT2D eigenvalue weighted by atomic mass is 19.1. The zero-order chi connectivity index (χ0) is 19.4. The fourth-order valence-electron chi connectivity index (χ4n) is 3.10. The van der Waals surface area contributed by atoms with Gasteiger partial charge in [0.15, 0.2) is 11.6 Å². The molecular formula is C23H22FNO3. The fraction of sp³-hybridized carbons (Fsp3) is 0.217. The Morgan fingerprint density at radius 2 is 1.36 bits per heavy atom. The lowest BCUT2D eigenvalue weighted by Gasteiger charge is -2.39. The largest absolute Gasteiger partial charge is 0.488 e. The highest BCUT2D eigenvalue weighted by molar-refractivity contribution is 5.47. The number of rotatable bonds is 7. The molecule has 0 spiro atoms. The van der Waals surface area contributed by atoms with Crippen molar-refractivity contribution >= 4 is 0 Å². The lowest BCUT2D eigenvalue weighted by Crippen LogP contribution is -2.54. The molecule has 0 aliphatic carbocycles. The Hall–Kier alpha value is -2.89. The topological polar surface area (TPSA) is 53.7 Å². The quantitative estimate of drug-likeness (QED) is 0.670. The molecule has 0 radical (unpaired) electrons. The fourth-order valence-corrected chi connectivity index (χ4v) is 3.10. The molecule has 4 rings (SSSR count). The van der Waals surface area contributed by atoms with Crippen LogP contribution in [-0.4, -0.2) is 13.2 Å². The minimum absolute atomic E-state index is 0.138. The van der Waals surface area contributed by atoms with E-state index in [9.17, 15) is 4.39 Å². The highest BCUT2D eigenvalue weighted by Gasteiger charge is 2.39. The van der Waals surface area contributed by atoms with Crippen LogP contribution in [0.25, 0.3) is 0 Å². The average molecular weight is 379 g/mol. The van der Waals surface area contributed by atoms with Crippen LogP contribution in [0.1, 0.15) is 16.7 Å². The van der Waals surface area contributed by atoms with Gasteiger partial charge in [-0.3, -0.25) is 0 Å². The lowest BCUT2D eigenvalue weighted by molar-refractivity contribution is -0.0582. The van der Waals surface area contributed by atoms with Gasteiger partial charge in [-0.05, 0) is 17.2 Å². The van der Waals surface area contributed by atoms with Crippen LogP contribution in [0.15, 0.2) is 72.8 Å². The number of hydrogen-bond acceptors (Lipinski definition) is 4. The number of ether oxygens (including phenoxy) is 3. The third-order valence-electron chi connectivity index (χ3n) is 4.76. The van der Waals surface area contributed by atoms with Gasteiger partial charge in [-0.25, -0.2) is 4.39 Å². The molecule has 1 aliphatic rings. The maximum Gasteiger partial charge on any atom is 0.165 e. The van der Waals surface area contributed by atoms with E-state index in [0.717, 1.165) is 11.1 Å². The van der Waals surface area contributed by atoms with Crippen LogP contribution in [0.4, 0.5) is 4.39 Å². The van der Waals surface area contributed by atoms with Crippen molar-refractivity contribution in [3.05, 3.63) is 95.3 Å². The highest BCUT2D eigenvalue weighted by Crippen LogP contribution is 2.38. The third-order valence-corrected chi connectivity index (χ3v) is 4.76. The van der Waals surface area contributed by atoms with Crippen molar-refractivity contribution in [2.24, 2.45) is 5.73 Å². The summed E-state index contributed by atoms with van der Waals surface area (Å²) in [5.74, 6) is 0.188. The molecule has 1 heterocycles. The first-order valence-electron chi connectivity index (χ1n) is 9.18. The van der Waals surface area contributed by atoms with E-state index >= 15 is 0 Å². The van der Waals surface area contributed by atoms with E-state index in [0.29, 0.717) is 31.1 Å². The monoisotopic (exact) mass is 379 g/mol. The molecule has 4 nitrogen and oxygen atoms in total. The van der Waals surface area contributed by atoms with Gasteiger partial charge in [0.25, 0.3) is 0 Å². The minimum Gasteiger partial charge on any atom is -0.488 e. The van der Waals surface area contributed by atoms with Crippen LogP contribution in [0.3, 0.4) is 0 Å². The summed E-state index contributed by atoms with van der Waals surface area (Å²) in [7, 11) is 0. The second-order valence-electron chi connectivity index (χ2n) is 6.98. The first-order chi connectivity index (χ1) is 13.6. The van der Waals surface area contributed by atoms with Gasteiger partial charge in [-0.15, -0.1) is 0 Å². The Morgan fingerprint density at radius 1 is 0.821 bits per heavy atom. The van der Waals surface area contributed by atoms with Gasteiger partial charge < -0.3 is 19.9 Å². The summed E-state index contributed by atoms with van der Waals surface area (Å²) in [5, 5.41) is 0. The van der Waals surface area contributed by atoms with Gasteiger partial charge in [0, 0.05) is 11.6 Å². The van der Waals surface area contributed by atoms with E-state index in [2.05, 4.69) is 0 Å². The van der Waals surface area contributed by atoms with E-state index in [4.69, 9.17) is 19.9 Å². The van der Waals surface area contributed by atoms with Crippen molar-refractivity contribution in [1.29, 1.82) is 0 Å². The Bertz CT molecular complexity index is 927. The molecule has 0 saturated carbocycles. The molecule has 3 aromatic rings. The van der Waals surface area contributed by atoms with E-state index < -0.39 is 11.4 Å². The standard InChI is InChI=1S/C23H22FNO3/c24-20-11-19(23(25)15-26-16-23)21(27-13-17-7-3-1-4-8-17)12-22(20)28-14-18-9-5-2-6-10-18/h1-12H,13-16,25H2. The Kier molecular flexibility index (Phi) is 5.28. The molecular weight excluding hydrogens is 357 g/mol. The van der Waals surface area contributed by atoms with Gasteiger partial charge in [-0.2, -0.15) is 0 Å². The Morgan fingerprint density at radius 3 is 1.86 bits per heavy atom. The molecule has 2 N–H and O–H groups in total. The Balaban J connectivity index is 1.58. The molecule has 28 heavy (non-hydrogen) atoms. The molecule has 5 heteroatoms. The molecule has 0 unspecified atom stereocenters. The van der Waals surface area contributed by atoms with Crippen LogP contribution < -0.4 is 15.2 Å². The Labute approximate surface area is 163 Å². The summed E-state index contributed by atoms with van der Waals surface area (Å²) in [6.45, 7) is 1.29. The molecule has 3 aromatic carbocycles. The second kappa shape index (κ2) is 8.00. The first-order valence-corrected chi connectivity index (χ1v) is 9.18. The van der Waals surface area contributed by atoms with E-state index in [1.54, 1.807) is 6.07 Å². The normalized spacial score (nSPS) is 14.9. The van der Waals surface area contributed by atoms with Crippen molar-refractivity contribution in [3.63, 3.8) is 0 Å². The summed E-state index contributed by atoms with van der Waals surface area (Å²) >= 11 is 0. The maximum absolute atomic E-state index is 14.7. The van der Waals surface area contributed by atoms with Crippen molar-refractivity contribution < 1.29 is 18.6 Å². The predicted octanol–water partition coefficient (Wildman–Crippen LogP) is 4.17. The number of nitrogens with two attached hydrogens (primary N) is 1. The van der Waals surface area contributed by atoms with Gasteiger partial charge in [-0.1, -0.05) is 60.7 Å². The zero-order valence-corrected chi connectivity index (χ0v) is 15.4. The van der Waals surface area contributed by atoms with Crippen molar-refractivity contribution in [2.45, 2.75) is 18.8 Å². The van der Waals surface area contributed by atoms with Gasteiger partial charge in [0.05, 0.1) is 18.8 Å². The maximum atomic E-state index is 14.7. The molecule has 0 aromatic heterocycles. The minimum atomic E-state index is -0.745.